The number of halogens is 2. The minimum Gasteiger partial charge on any atom is -0.486 e. The van der Waals surface area contributed by atoms with Crippen molar-refractivity contribution in [1.29, 1.82) is 0 Å². The molecule has 0 saturated carbocycles. The molecule has 28 heavy (non-hydrogen) atoms. The molecule has 3 aromatic rings. The molecule has 1 amide bonds. The number of amides is 1. The molecule has 148 valence electrons. The van der Waals surface area contributed by atoms with Crippen LogP contribution < -0.4 is 10.1 Å². The van der Waals surface area contributed by atoms with Gasteiger partial charge in [0.2, 0.25) is 0 Å². The lowest BCUT2D eigenvalue weighted by Crippen LogP contribution is -2.25. The van der Waals surface area contributed by atoms with Crippen LogP contribution in [0.5, 0.6) is 5.75 Å². The average Bonchev–Trinajstić information content (AvgIpc) is 3.26. The van der Waals surface area contributed by atoms with Crippen molar-refractivity contribution in [3.63, 3.8) is 0 Å². The molecule has 0 fully saturated rings. The van der Waals surface area contributed by atoms with Crippen LogP contribution in [-0.4, -0.2) is 22.2 Å². The number of nitrogens with zero attached hydrogens (tertiary/aromatic N) is 2. The van der Waals surface area contributed by atoms with Gasteiger partial charge in [0.15, 0.2) is 5.76 Å². The van der Waals surface area contributed by atoms with Crippen LogP contribution in [0, 0.1) is 13.8 Å². The Hall–Kier alpha value is -2.25. The predicted octanol–water partition coefficient (Wildman–Crippen LogP) is 4.91. The minimum absolute atomic E-state index is 0.238. The summed E-state index contributed by atoms with van der Waals surface area (Å²) < 4.78 is 14.1. The zero-order valence-electron chi connectivity index (χ0n) is 15.7. The summed E-state index contributed by atoms with van der Waals surface area (Å²) in [4.78, 5) is 12.2. The molecule has 6 nitrogen and oxygen atoms in total. The van der Waals surface area contributed by atoms with Crippen LogP contribution in [0.25, 0.3) is 0 Å². The van der Waals surface area contributed by atoms with E-state index in [1.807, 2.05) is 18.5 Å². The maximum Gasteiger partial charge on any atom is 0.286 e. The molecule has 0 radical (unpaired) electrons. The molecule has 0 unspecified atom stereocenters. The van der Waals surface area contributed by atoms with Crippen LogP contribution in [0.15, 0.2) is 45.3 Å². The lowest BCUT2D eigenvalue weighted by molar-refractivity contribution is 0.0921. The summed E-state index contributed by atoms with van der Waals surface area (Å²) in [7, 11) is 0. The van der Waals surface area contributed by atoms with Gasteiger partial charge in [-0.1, -0.05) is 11.6 Å². The van der Waals surface area contributed by atoms with E-state index in [0.29, 0.717) is 23.1 Å². The summed E-state index contributed by atoms with van der Waals surface area (Å²) in [5.74, 6) is 1.28. The van der Waals surface area contributed by atoms with Crippen molar-refractivity contribution in [3.8, 4) is 5.75 Å². The number of carbonyl (C=O) groups excluding carboxylic acids is 1. The van der Waals surface area contributed by atoms with Gasteiger partial charge in [-0.3, -0.25) is 9.48 Å². The van der Waals surface area contributed by atoms with Gasteiger partial charge < -0.3 is 14.5 Å². The molecule has 0 spiro atoms. The van der Waals surface area contributed by atoms with Crippen molar-refractivity contribution in [2.75, 3.05) is 6.54 Å². The van der Waals surface area contributed by atoms with E-state index in [9.17, 15) is 4.79 Å². The molecular weight excluding hydrogens is 446 g/mol. The van der Waals surface area contributed by atoms with E-state index < -0.39 is 0 Å². The van der Waals surface area contributed by atoms with E-state index in [1.54, 1.807) is 36.4 Å². The normalized spacial score (nSPS) is 10.9. The number of benzene rings is 1. The Bertz CT molecular complexity index is 950. The number of hydrogen-bond donors (Lipinski definition) is 1. The number of ether oxygens (including phenoxy) is 1. The highest BCUT2D eigenvalue weighted by molar-refractivity contribution is 9.10. The van der Waals surface area contributed by atoms with Crippen LogP contribution in [-0.2, 0) is 13.2 Å². The van der Waals surface area contributed by atoms with Crippen LogP contribution in [0.1, 0.15) is 34.1 Å². The van der Waals surface area contributed by atoms with Crippen LogP contribution in [0.2, 0.25) is 5.02 Å². The van der Waals surface area contributed by atoms with Crippen molar-refractivity contribution < 1.29 is 13.9 Å². The van der Waals surface area contributed by atoms with E-state index in [0.717, 1.165) is 28.8 Å². The van der Waals surface area contributed by atoms with Gasteiger partial charge >= 0.3 is 0 Å². The highest BCUT2D eigenvalue weighted by Crippen LogP contribution is 2.20. The Morgan fingerprint density at radius 2 is 2.00 bits per heavy atom. The number of furan rings is 1. The van der Waals surface area contributed by atoms with Crippen molar-refractivity contribution in [3.05, 3.63) is 68.8 Å². The second-order valence-electron chi connectivity index (χ2n) is 6.33. The number of carbonyl (C=O) groups is 1. The summed E-state index contributed by atoms with van der Waals surface area (Å²) in [6.45, 7) is 5.48. The zero-order chi connectivity index (χ0) is 20.1. The van der Waals surface area contributed by atoms with Gasteiger partial charge in [0.1, 0.15) is 18.1 Å². The predicted molar refractivity (Wildman–Crippen MR) is 111 cm³/mol. The first-order valence-corrected chi connectivity index (χ1v) is 10.1. The quantitative estimate of drug-likeness (QED) is 0.479. The fourth-order valence-electron chi connectivity index (χ4n) is 2.67. The Balaban J connectivity index is 1.43. The lowest BCUT2D eigenvalue weighted by atomic mass is 10.3. The standard InChI is InChI=1S/C20H21BrClN3O3/c1-13-19(21)14(2)25(24-13)11-3-10-23-20(26)18-9-8-17(28-18)12-27-16-6-4-15(22)5-7-16/h4-9H,3,10-12H2,1-2H3,(H,23,26). The molecule has 1 N–H and O–H groups in total. The second-order valence-corrected chi connectivity index (χ2v) is 7.56. The molecule has 2 aromatic heterocycles. The SMILES string of the molecule is Cc1nn(CCCNC(=O)c2ccc(COc3ccc(Cl)cc3)o2)c(C)c1Br. The monoisotopic (exact) mass is 465 g/mol. The molecule has 3 rings (SSSR count). The van der Waals surface area contributed by atoms with Crippen molar-refractivity contribution in [1.82, 2.24) is 15.1 Å². The zero-order valence-corrected chi connectivity index (χ0v) is 18.0. The fraction of sp³-hybridized carbons (Fsp3) is 0.300. The first-order valence-electron chi connectivity index (χ1n) is 8.89. The first-order chi connectivity index (χ1) is 13.4. The van der Waals surface area contributed by atoms with Crippen molar-refractivity contribution in [2.24, 2.45) is 0 Å². The smallest absolute Gasteiger partial charge is 0.286 e. The minimum atomic E-state index is -0.243. The fourth-order valence-corrected chi connectivity index (χ4v) is 3.08. The number of hydrogen-bond acceptors (Lipinski definition) is 4. The van der Waals surface area contributed by atoms with Crippen molar-refractivity contribution >= 4 is 33.4 Å². The molecule has 0 aliphatic carbocycles. The molecule has 0 atom stereocenters. The molecule has 0 bridgehead atoms. The molecule has 2 heterocycles. The van der Waals surface area contributed by atoms with E-state index in [4.69, 9.17) is 20.8 Å². The van der Waals surface area contributed by atoms with Crippen molar-refractivity contribution in [2.45, 2.75) is 33.4 Å². The summed E-state index contributed by atoms with van der Waals surface area (Å²) in [5, 5.41) is 7.97. The number of nitrogens with one attached hydrogen (secondary N) is 1. The Labute approximate surface area is 176 Å². The maximum absolute atomic E-state index is 12.2. The van der Waals surface area contributed by atoms with E-state index in [2.05, 4.69) is 26.3 Å². The molecule has 8 heteroatoms. The third-order valence-electron chi connectivity index (χ3n) is 4.21. The Morgan fingerprint density at radius 1 is 1.25 bits per heavy atom. The third-order valence-corrected chi connectivity index (χ3v) is 5.61. The molecular formula is C20H21BrClN3O3. The summed E-state index contributed by atoms with van der Waals surface area (Å²) in [5.41, 5.74) is 2.05. The van der Waals surface area contributed by atoms with Gasteiger partial charge in [0.25, 0.3) is 5.91 Å². The van der Waals surface area contributed by atoms with E-state index in [-0.39, 0.29) is 18.3 Å². The van der Waals surface area contributed by atoms with Crippen LogP contribution in [0.4, 0.5) is 0 Å². The number of aromatic nitrogens is 2. The first kappa shape index (κ1) is 20.5. The van der Waals surface area contributed by atoms with Gasteiger partial charge in [0, 0.05) is 23.8 Å². The van der Waals surface area contributed by atoms with Crippen LogP contribution >= 0.6 is 27.5 Å². The molecule has 1 aromatic carbocycles. The maximum atomic E-state index is 12.2. The van der Waals surface area contributed by atoms with E-state index in [1.165, 1.54) is 0 Å². The van der Waals surface area contributed by atoms with Gasteiger partial charge in [-0.05, 0) is 72.6 Å². The molecule has 0 aliphatic heterocycles. The highest BCUT2D eigenvalue weighted by Gasteiger charge is 2.12. The summed E-state index contributed by atoms with van der Waals surface area (Å²) in [6.07, 6.45) is 0.771. The summed E-state index contributed by atoms with van der Waals surface area (Å²) >= 11 is 9.36. The largest absolute Gasteiger partial charge is 0.486 e. The molecule has 0 aliphatic rings. The number of aryl methyl sites for hydroxylation is 2. The Morgan fingerprint density at radius 3 is 2.68 bits per heavy atom. The highest BCUT2D eigenvalue weighted by atomic mass is 79.9. The van der Waals surface area contributed by atoms with Gasteiger partial charge in [0.05, 0.1) is 10.2 Å². The molecule has 0 saturated heterocycles. The average molecular weight is 467 g/mol. The van der Waals surface area contributed by atoms with Gasteiger partial charge in [-0.25, -0.2) is 0 Å². The van der Waals surface area contributed by atoms with Gasteiger partial charge in [-0.2, -0.15) is 5.10 Å². The summed E-state index contributed by atoms with van der Waals surface area (Å²) in [6, 6.07) is 10.4. The Kier molecular flexibility index (Phi) is 6.80. The third kappa shape index (κ3) is 5.17. The topological polar surface area (TPSA) is 69.3 Å². The van der Waals surface area contributed by atoms with Crippen LogP contribution in [0.3, 0.4) is 0 Å². The lowest BCUT2D eigenvalue weighted by Gasteiger charge is -2.06. The van der Waals surface area contributed by atoms with Gasteiger partial charge in [-0.15, -0.1) is 0 Å². The van der Waals surface area contributed by atoms with E-state index >= 15 is 0 Å². The second kappa shape index (κ2) is 9.30. The number of rotatable bonds is 8.